The van der Waals surface area contributed by atoms with Gasteiger partial charge in [0.05, 0.1) is 11.7 Å². The highest BCUT2D eigenvalue weighted by Crippen LogP contribution is 2.47. The molecule has 1 unspecified atom stereocenters. The molecule has 5 heteroatoms. The lowest BCUT2D eigenvalue weighted by Crippen LogP contribution is -2.22. The minimum Gasteiger partial charge on any atom is -0.388 e. The second kappa shape index (κ2) is 4.78. The van der Waals surface area contributed by atoms with Gasteiger partial charge in [-0.2, -0.15) is 13.2 Å². The maximum absolute atomic E-state index is 13.2. The third-order valence-electron chi connectivity index (χ3n) is 4.02. The van der Waals surface area contributed by atoms with Gasteiger partial charge in [0.15, 0.2) is 0 Å². The highest BCUT2D eigenvalue weighted by atomic mass is 19.4. The molecule has 2 rings (SSSR count). The average molecular weight is 276 g/mol. The summed E-state index contributed by atoms with van der Waals surface area (Å²) in [6.07, 6.45) is -2.27. The Hall–Kier alpha value is -1.10. The van der Waals surface area contributed by atoms with E-state index in [1.165, 1.54) is 6.07 Å². The zero-order valence-electron chi connectivity index (χ0n) is 10.6. The van der Waals surface area contributed by atoms with Gasteiger partial charge in [0.1, 0.15) is 5.82 Å². The predicted molar refractivity (Wildman–Crippen MR) is 62.9 cm³/mol. The Labute approximate surface area is 109 Å². The molecule has 1 N–H and O–H groups in total. The van der Waals surface area contributed by atoms with Crippen molar-refractivity contribution in [1.82, 2.24) is 0 Å². The molecule has 0 bridgehead atoms. The molecule has 0 saturated heterocycles. The summed E-state index contributed by atoms with van der Waals surface area (Å²) in [5, 5.41) is 10.3. The monoisotopic (exact) mass is 276 g/mol. The molecule has 1 aromatic carbocycles. The van der Waals surface area contributed by atoms with Gasteiger partial charge in [0.25, 0.3) is 0 Å². The van der Waals surface area contributed by atoms with E-state index in [4.69, 9.17) is 0 Å². The minimum atomic E-state index is -4.74. The van der Waals surface area contributed by atoms with E-state index in [1.807, 2.05) is 6.92 Å². The molecular weight excluding hydrogens is 260 g/mol. The van der Waals surface area contributed by atoms with Crippen LogP contribution in [-0.2, 0) is 6.18 Å². The van der Waals surface area contributed by atoms with E-state index in [9.17, 15) is 22.7 Å². The van der Waals surface area contributed by atoms with Crippen LogP contribution in [0, 0.1) is 11.2 Å². The van der Waals surface area contributed by atoms with Gasteiger partial charge in [-0.05, 0) is 36.0 Å². The maximum Gasteiger partial charge on any atom is 0.419 e. The predicted octanol–water partition coefficient (Wildman–Crippen LogP) is 4.46. The van der Waals surface area contributed by atoms with E-state index >= 15 is 0 Å². The Balaban J connectivity index is 2.36. The van der Waals surface area contributed by atoms with Gasteiger partial charge in [0, 0.05) is 0 Å². The summed E-state index contributed by atoms with van der Waals surface area (Å²) in [4.78, 5) is 0. The van der Waals surface area contributed by atoms with Crippen molar-refractivity contribution in [3.05, 3.63) is 35.1 Å². The number of hydrogen-bond donors (Lipinski definition) is 1. The second-order valence-electron chi connectivity index (χ2n) is 5.50. The van der Waals surface area contributed by atoms with Crippen LogP contribution in [0.15, 0.2) is 18.2 Å². The van der Waals surface area contributed by atoms with E-state index < -0.39 is 29.1 Å². The van der Waals surface area contributed by atoms with Crippen LogP contribution in [0.5, 0.6) is 0 Å². The molecule has 0 radical (unpaired) electrons. The van der Waals surface area contributed by atoms with Gasteiger partial charge >= 0.3 is 6.18 Å². The van der Waals surface area contributed by atoms with Gasteiger partial charge in [-0.15, -0.1) is 0 Å². The molecule has 1 aliphatic carbocycles. The number of halogens is 4. The van der Waals surface area contributed by atoms with Crippen LogP contribution in [0.2, 0.25) is 0 Å². The van der Waals surface area contributed by atoms with Gasteiger partial charge in [-0.1, -0.05) is 25.8 Å². The third-order valence-corrected chi connectivity index (χ3v) is 4.02. The normalized spacial score (nSPS) is 20.5. The molecule has 0 heterocycles. The van der Waals surface area contributed by atoms with Crippen molar-refractivity contribution in [1.29, 1.82) is 0 Å². The molecule has 0 amide bonds. The first-order chi connectivity index (χ1) is 8.74. The van der Waals surface area contributed by atoms with Crippen molar-refractivity contribution in [3.8, 4) is 0 Å². The summed E-state index contributed by atoms with van der Waals surface area (Å²) in [6, 6.07) is 2.74. The fourth-order valence-electron chi connectivity index (χ4n) is 2.79. The first-order valence-corrected chi connectivity index (χ1v) is 6.29. The molecular formula is C14H16F4O. The van der Waals surface area contributed by atoms with Crippen molar-refractivity contribution < 1.29 is 22.7 Å². The Morgan fingerprint density at radius 3 is 2.32 bits per heavy atom. The Morgan fingerprint density at radius 1 is 1.21 bits per heavy atom. The lowest BCUT2D eigenvalue weighted by molar-refractivity contribution is -0.140. The maximum atomic E-state index is 13.2. The van der Waals surface area contributed by atoms with Crippen LogP contribution in [0.1, 0.15) is 49.8 Å². The summed E-state index contributed by atoms with van der Waals surface area (Å²) in [6.45, 7) is 1.86. The number of rotatable bonds is 2. The first kappa shape index (κ1) is 14.3. The van der Waals surface area contributed by atoms with Gasteiger partial charge in [-0.3, -0.25) is 0 Å². The third kappa shape index (κ3) is 2.76. The van der Waals surface area contributed by atoms with Crippen LogP contribution >= 0.6 is 0 Å². The lowest BCUT2D eigenvalue weighted by Gasteiger charge is -2.30. The Bertz CT molecular complexity index is 461. The molecule has 0 spiro atoms. The fraction of sp³-hybridized carbons (Fsp3) is 0.571. The average Bonchev–Trinajstić information content (AvgIpc) is 2.76. The van der Waals surface area contributed by atoms with Crippen LogP contribution in [0.25, 0.3) is 0 Å². The highest BCUT2D eigenvalue weighted by molar-refractivity contribution is 5.29. The quantitative estimate of drug-likeness (QED) is 0.791. The zero-order valence-corrected chi connectivity index (χ0v) is 10.6. The molecule has 1 atom stereocenters. The summed E-state index contributed by atoms with van der Waals surface area (Å²) in [5.41, 5.74) is -1.59. The van der Waals surface area contributed by atoms with Crippen molar-refractivity contribution in [2.45, 2.75) is 44.9 Å². The lowest BCUT2D eigenvalue weighted by atomic mass is 9.79. The van der Waals surface area contributed by atoms with Crippen molar-refractivity contribution in [2.24, 2.45) is 5.41 Å². The Kier molecular flexibility index (Phi) is 3.60. The van der Waals surface area contributed by atoms with Gasteiger partial charge in [-0.25, -0.2) is 4.39 Å². The zero-order chi connectivity index (χ0) is 14.3. The second-order valence-corrected chi connectivity index (χ2v) is 5.50. The first-order valence-electron chi connectivity index (χ1n) is 6.29. The molecule has 1 fully saturated rings. The number of aliphatic hydroxyl groups is 1. The van der Waals surface area contributed by atoms with Gasteiger partial charge < -0.3 is 5.11 Å². The van der Waals surface area contributed by atoms with E-state index in [0.29, 0.717) is 0 Å². The Morgan fingerprint density at radius 2 is 1.79 bits per heavy atom. The molecule has 0 aromatic heterocycles. The molecule has 1 saturated carbocycles. The van der Waals surface area contributed by atoms with E-state index in [1.54, 1.807) is 0 Å². The molecule has 1 aromatic rings. The van der Waals surface area contributed by atoms with Crippen molar-refractivity contribution in [2.75, 3.05) is 0 Å². The van der Waals surface area contributed by atoms with Crippen LogP contribution in [0.3, 0.4) is 0 Å². The molecule has 0 aliphatic heterocycles. The summed E-state index contributed by atoms with van der Waals surface area (Å²) in [7, 11) is 0. The van der Waals surface area contributed by atoms with Gasteiger partial charge in [0.2, 0.25) is 0 Å². The standard InChI is InChI=1S/C14H16F4O/c1-13(6-2-3-7-13)12(19)9-4-5-11(15)10(8-9)14(16,17)18/h4-5,8,12,19H,2-3,6-7H2,1H3. The van der Waals surface area contributed by atoms with Crippen LogP contribution in [0.4, 0.5) is 17.6 Å². The minimum absolute atomic E-state index is 0.137. The van der Waals surface area contributed by atoms with Crippen molar-refractivity contribution in [3.63, 3.8) is 0 Å². The molecule has 19 heavy (non-hydrogen) atoms. The van der Waals surface area contributed by atoms with E-state index in [2.05, 4.69) is 0 Å². The van der Waals surface area contributed by atoms with E-state index in [0.717, 1.165) is 37.8 Å². The molecule has 1 nitrogen and oxygen atoms in total. The fourth-order valence-corrected chi connectivity index (χ4v) is 2.79. The topological polar surface area (TPSA) is 20.2 Å². The van der Waals surface area contributed by atoms with Crippen molar-refractivity contribution >= 4 is 0 Å². The molecule has 1 aliphatic rings. The smallest absolute Gasteiger partial charge is 0.388 e. The van der Waals surface area contributed by atoms with E-state index in [-0.39, 0.29) is 5.56 Å². The number of aliphatic hydroxyl groups excluding tert-OH is 1. The summed E-state index contributed by atoms with van der Waals surface area (Å²) < 4.78 is 51.1. The van der Waals surface area contributed by atoms with Crippen LogP contribution < -0.4 is 0 Å². The molecule has 106 valence electrons. The number of alkyl halides is 3. The number of hydrogen-bond acceptors (Lipinski definition) is 1. The SMILES string of the molecule is CC1(C(O)c2ccc(F)c(C(F)(F)F)c2)CCCC1. The largest absolute Gasteiger partial charge is 0.419 e. The highest BCUT2D eigenvalue weighted by Gasteiger charge is 2.39. The summed E-state index contributed by atoms with van der Waals surface area (Å²) >= 11 is 0. The van der Waals surface area contributed by atoms with Crippen LogP contribution in [-0.4, -0.2) is 5.11 Å². The number of benzene rings is 1. The summed E-state index contributed by atoms with van der Waals surface area (Å²) in [5.74, 6) is -1.31.